The third-order valence-electron chi connectivity index (χ3n) is 5.31. The summed E-state index contributed by atoms with van der Waals surface area (Å²) in [5.74, 6) is 0. The topological polar surface area (TPSA) is 23.5 Å². The predicted octanol–water partition coefficient (Wildman–Crippen LogP) is 3.58. The van der Waals surface area contributed by atoms with Gasteiger partial charge in [0.25, 0.3) is 0 Å². The van der Waals surface area contributed by atoms with Crippen LogP contribution in [0, 0.1) is 5.41 Å². The minimum Gasteiger partial charge on any atom is -0.391 e. The van der Waals surface area contributed by atoms with E-state index in [2.05, 4.69) is 25.7 Å². The van der Waals surface area contributed by atoms with Crippen molar-refractivity contribution in [1.82, 2.24) is 4.90 Å². The molecule has 2 rings (SSSR count). The van der Waals surface area contributed by atoms with Gasteiger partial charge in [-0.3, -0.25) is 4.90 Å². The molecular formula is C16H31NO. The van der Waals surface area contributed by atoms with Crippen LogP contribution in [0.2, 0.25) is 0 Å². The average Bonchev–Trinajstić information content (AvgIpc) is 2.57. The van der Waals surface area contributed by atoms with Gasteiger partial charge in [0.2, 0.25) is 0 Å². The monoisotopic (exact) mass is 253 g/mol. The Kier molecular flexibility index (Phi) is 4.71. The maximum absolute atomic E-state index is 10.7. The van der Waals surface area contributed by atoms with Gasteiger partial charge < -0.3 is 5.11 Å². The molecule has 0 bridgehead atoms. The molecule has 1 saturated heterocycles. The fourth-order valence-corrected chi connectivity index (χ4v) is 4.02. The third-order valence-corrected chi connectivity index (χ3v) is 5.31. The van der Waals surface area contributed by atoms with E-state index in [0.717, 1.165) is 0 Å². The van der Waals surface area contributed by atoms with E-state index in [4.69, 9.17) is 0 Å². The Bertz CT molecular complexity index is 264. The molecule has 0 spiro atoms. The molecule has 1 N–H and O–H groups in total. The number of likely N-dealkylation sites (tertiary alicyclic amines) is 1. The number of aliphatic hydroxyl groups is 1. The minimum absolute atomic E-state index is 0.105. The van der Waals surface area contributed by atoms with Crippen molar-refractivity contribution in [2.75, 3.05) is 6.54 Å². The van der Waals surface area contributed by atoms with Gasteiger partial charge in [0, 0.05) is 12.1 Å². The van der Waals surface area contributed by atoms with Gasteiger partial charge in [-0.2, -0.15) is 0 Å². The fourth-order valence-electron chi connectivity index (χ4n) is 4.02. The van der Waals surface area contributed by atoms with Crippen molar-refractivity contribution in [2.24, 2.45) is 5.41 Å². The smallest absolute Gasteiger partial charge is 0.0746 e. The van der Waals surface area contributed by atoms with Gasteiger partial charge in [0.05, 0.1) is 6.10 Å². The van der Waals surface area contributed by atoms with Gasteiger partial charge in [0.15, 0.2) is 0 Å². The highest BCUT2D eigenvalue weighted by Crippen LogP contribution is 2.39. The summed E-state index contributed by atoms with van der Waals surface area (Å²) in [6, 6.07) is 1.12. The molecule has 2 heteroatoms. The molecule has 0 aromatic rings. The fraction of sp³-hybridized carbons (Fsp3) is 1.00. The molecule has 0 aromatic heterocycles. The summed E-state index contributed by atoms with van der Waals surface area (Å²) in [6.45, 7) is 7.99. The van der Waals surface area contributed by atoms with Crippen LogP contribution >= 0.6 is 0 Å². The Labute approximate surface area is 113 Å². The molecule has 2 aliphatic rings. The van der Waals surface area contributed by atoms with Crippen LogP contribution in [0.1, 0.15) is 72.1 Å². The molecule has 3 unspecified atom stereocenters. The molecule has 1 saturated carbocycles. The van der Waals surface area contributed by atoms with Crippen LogP contribution in [0.4, 0.5) is 0 Å². The zero-order valence-corrected chi connectivity index (χ0v) is 12.5. The molecule has 1 aliphatic heterocycles. The Balaban J connectivity index is 2.11. The van der Waals surface area contributed by atoms with E-state index < -0.39 is 0 Å². The Morgan fingerprint density at radius 2 is 1.89 bits per heavy atom. The van der Waals surface area contributed by atoms with Crippen molar-refractivity contribution in [3.8, 4) is 0 Å². The van der Waals surface area contributed by atoms with Gasteiger partial charge in [-0.05, 0) is 44.1 Å². The largest absolute Gasteiger partial charge is 0.391 e. The Morgan fingerprint density at radius 3 is 2.61 bits per heavy atom. The molecule has 18 heavy (non-hydrogen) atoms. The van der Waals surface area contributed by atoms with Crippen LogP contribution in [0.5, 0.6) is 0 Å². The summed E-state index contributed by atoms with van der Waals surface area (Å²) < 4.78 is 0. The van der Waals surface area contributed by atoms with Crippen molar-refractivity contribution >= 4 is 0 Å². The second-order valence-corrected chi connectivity index (χ2v) is 7.04. The van der Waals surface area contributed by atoms with Crippen molar-refractivity contribution in [1.29, 1.82) is 0 Å². The van der Waals surface area contributed by atoms with Crippen LogP contribution in [0.15, 0.2) is 0 Å². The number of hydrogen-bond donors (Lipinski definition) is 1. The first-order valence-corrected chi connectivity index (χ1v) is 8.00. The second kappa shape index (κ2) is 5.92. The summed E-state index contributed by atoms with van der Waals surface area (Å²) in [7, 11) is 0. The molecule has 0 radical (unpaired) electrons. The molecule has 2 nitrogen and oxygen atoms in total. The summed E-state index contributed by atoms with van der Waals surface area (Å²) in [4.78, 5) is 2.67. The van der Waals surface area contributed by atoms with Crippen LogP contribution in [0.25, 0.3) is 0 Å². The highest BCUT2D eigenvalue weighted by molar-refractivity contribution is 4.95. The summed E-state index contributed by atoms with van der Waals surface area (Å²) in [5.41, 5.74) is 0.105. The Hall–Kier alpha value is -0.0800. The molecule has 106 valence electrons. The predicted molar refractivity (Wildman–Crippen MR) is 76.7 cm³/mol. The molecule has 0 amide bonds. The number of nitrogens with zero attached hydrogens (tertiary/aromatic N) is 1. The van der Waals surface area contributed by atoms with E-state index in [1.807, 2.05) is 0 Å². The normalized spacial score (nSPS) is 38.3. The van der Waals surface area contributed by atoms with Gasteiger partial charge in [-0.25, -0.2) is 0 Å². The quantitative estimate of drug-likeness (QED) is 0.813. The second-order valence-electron chi connectivity index (χ2n) is 7.04. The maximum atomic E-state index is 10.7. The van der Waals surface area contributed by atoms with E-state index in [1.165, 1.54) is 57.9 Å². The lowest BCUT2D eigenvalue weighted by molar-refractivity contribution is -0.0690. The zero-order valence-electron chi connectivity index (χ0n) is 12.5. The number of aliphatic hydroxyl groups excluding tert-OH is 1. The van der Waals surface area contributed by atoms with E-state index in [0.29, 0.717) is 12.1 Å². The Morgan fingerprint density at radius 1 is 1.11 bits per heavy atom. The molecule has 3 atom stereocenters. The van der Waals surface area contributed by atoms with E-state index in [1.54, 1.807) is 0 Å². The first kappa shape index (κ1) is 14.3. The van der Waals surface area contributed by atoms with Crippen molar-refractivity contribution < 1.29 is 5.11 Å². The lowest BCUT2D eigenvalue weighted by atomic mass is 9.71. The lowest BCUT2D eigenvalue weighted by Crippen LogP contribution is -2.55. The molecule has 1 heterocycles. The summed E-state index contributed by atoms with van der Waals surface area (Å²) >= 11 is 0. The SMILES string of the molecule is CCC1CCCCCN1C1CCCC(C)(C)C1O. The summed E-state index contributed by atoms with van der Waals surface area (Å²) in [5, 5.41) is 10.7. The van der Waals surface area contributed by atoms with E-state index in [-0.39, 0.29) is 11.5 Å². The highest BCUT2D eigenvalue weighted by atomic mass is 16.3. The summed E-state index contributed by atoms with van der Waals surface area (Å²) in [6.07, 6.45) is 10.2. The van der Waals surface area contributed by atoms with Crippen LogP contribution in [-0.2, 0) is 0 Å². The molecular weight excluding hydrogens is 222 g/mol. The molecule has 2 fully saturated rings. The third kappa shape index (κ3) is 2.91. The van der Waals surface area contributed by atoms with E-state index >= 15 is 0 Å². The van der Waals surface area contributed by atoms with Crippen molar-refractivity contribution in [3.05, 3.63) is 0 Å². The van der Waals surface area contributed by atoms with Crippen LogP contribution in [-0.4, -0.2) is 34.7 Å². The van der Waals surface area contributed by atoms with Gasteiger partial charge >= 0.3 is 0 Å². The number of hydrogen-bond acceptors (Lipinski definition) is 2. The first-order valence-electron chi connectivity index (χ1n) is 8.00. The average molecular weight is 253 g/mol. The maximum Gasteiger partial charge on any atom is 0.0746 e. The number of rotatable bonds is 2. The van der Waals surface area contributed by atoms with Gasteiger partial charge in [-0.15, -0.1) is 0 Å². The van der Waals surface area contributed by atoms with Gasteiger partial charge in [0.1, 0.15) is 0 Å². The van der Waals surface area contributed by atoms with Crippen LogP contribution in [0.3, 0.4) is 0 Å². The van der Waals surface area contributed by atoms with Crippen molar-refractivity contribution in [2.45, 2.75) is 90.3 Å². The molecule has 1 aliphatic carbocycles. The first-order chi connectivity index (χ1) is 8.56. The lowest BCUT2D eigenvalue weighted by Gasteiger charge is -2.47. The van der Waals surface area contributed by atoms with E-state index in [9.17, 15) is 5.11 Å². The van der Waals surface area contributed by atoms with Gasteiger partial charge in [-0.1, -0.05) is 40.0 Å². The standard InChI is InChI=1S/C16H31NO/c1-4-13-9-6-5-7-12-17(13)14-10-8-11-16(2,3)15(14)18/h13-15,18H,4-12H2,1-3H3. The highest BCUT2D eigenvalue weighted by Gasteiger charge is 2.41. The minimum atomic E-state index is -0.140. The zero-order chi connectivity index (χ0) is 13.2. The van der Waals surface area contributed by atoms with Crippen molar-refractivity contribution in [3.63, 3.8) is 0 Å². The van der Waals surface area contributed by atoms with Crippen LogP contribution < -0.4 is 0 Å². The molecule has 0 aromatic carbocycles.